The van der Waals surface area contributed by atoms with Gasteiger partial charge >= 0.3 is 12.1 Å². The number of amides is 1. The van der Waals surface area contributed by atoms with Crippen molar-refractivity contribution in [2.75, 3.05) is 11.9 Å². The van der Waals surface area contributed by atoms with E-state index in [2.05, 4.69) is 10.3 Å². The second-order valence-electron chi connectivity index (χ2n) is 6.97. The average Bonchev–Trinajstić information content (AvgIpc) is 3.16. The zero-order valence-electron chi connectivity index (χ0n) is 18.0. The Labute approximate surface area is 192 Å². The summed E-state index contributed by atoms with van der Waals surface area (Å²) in [6.07, 6.45) is -5.55. The van der Waals surface area contributed by atoms with Crippen molar-refractivity contribution in [1.82, 2.24) is 4.98 Å². The SMILES string of the molecule is CCOc1ccccc1NC(=O)C(C)OC(=O)c1sc(-c2ccc(C(F)(F)F)cc2)nc1C. The van der Waals surface area contributed by atoms with E-state index in [0.717, 1.165) is 23.5 Å². The number of para-hydroxylation sites is 2. The van der Waals surface area contributed by atoms with Gasteiger partial charge in [0.15, 0.2) is 6.10 Å². The van der Waals surface area contributed by atoms with Crippen LogP contribution in [0.3, 0.4) is 0 Å². The molecule has 10 heteroatoms. The molecule has 1 aromatic heterocycles. The number of thiazole rings is 1. The number of hydrogen-bond acceptors (Lipinski definition) is 6. The monoisotopic (exact) mass is 478 g/mol. The molecule has 0 aliphatic carbocycles. The molecule has 174 valence electrons. The van der Waals surface area contributed by atoms with E-state index in [9.17, 15) is 22.8 Å². The Morgan fingerprint density at radius 1 is 1.12 bits per heavy atom. The van der Waals surface area contributed by atoms with Gasteiger partial charge in [0.2, 0.25) is 0 Å². The number of nitrogens with one attached hydrogen (secondary N) is 1. The van der Waals surface area contributed by atoms with Gasteiger partial charge < -0.3 is 14.8 Å². The number of carbonyl (C=O) groups excluding carboxylic acids is 2. The third-order valence-electron chi connectivity index (χ3n) is 4.54. The maximum Gasteiger partial charge on any atom is 0.416 e. The number of benzene rings is 2. The fourth-order valence-corrected chi connectivity index (χ4v) is 3.82. The number of hydrogen-bond donors (Lipinski definition) is 1. The fourth-order valence-electron chi connectivity index (χ4n) is 2.86. The third kappa shape index (κ3) is 5.89. The summed E-state index contributed by atoms with van der Waals surface area (Å²) in [6.45, 7) is 5.26. The molecule has 0 fully saturated rings. The van der Waals surface area contributed by atoms with Crippen LogP contribution in [0.2, 0.25) is 0 Å². The molecule has 0 radical (unpaired) electrons. The van der Waals surface area contributed by atoms with E-state index in [1.54, 1.807) is 31.2 Å². The van der Waals surface area contributed by atoms with Crippen LogP contribution in [-0.4, -0.2) is 29.6 Å². The number of rotatable bonds is 7. The highest BCUT2D eigenvalue weighted by Crippen LogP contribution is 2.33. The number of anilines is 1. The van der Waals surface area contributed by atoms with E-state index in [1.807, 2.05) is 6.92 Å². The van der Waals surface area contributed by atoms with Crippen LogP contribution in [0.15, 0.2) is 48.5 Å². The minimum atomic E-state index is -4.44. The summed E-state index contributed by atoms with van der Waals surface area (Å²) >= 11 is 0.982. The molecule has 1 atom stereocenters. The van der Waals surface area contributed by atoms with Gasteiger partial charge in [-0.2, -0.15) is 13.2 Å². The van der Waals surface area contributed by atoms with Gasteiger partial charge in [-0.3, -0.25) is 4.79 Å². The molecule has 0 aliphatic heterocycles. The standard InChI is InChI=1S/C23H21F3N2O4S/c1-4-31-18-8-6-5-7-17(18)28-20(29)14(3)32-22(30)19-13(2)27-21(33-19)15-9-11-16(12-10-15)23(24,25)26/h5-12,14H,4H2,1-3H3,(H,28,29). The highest BCUT2D eigenvalue weighted by molar-refractivity contribution is 7.17. The Morgan fingerprint density at radius 3 is 2.42 bits per heavy atom. The first-order chi connectivity index (χ1) is 15.6. The smallest absolute Gasteiger partial charge is 0.416 e. The molecule has 3 aromatic rings. The van der Waals surface area contributed by atoms with Gasteiger partial charge in [-0.15, -0.1) is 11.3 Å². The van der Waals surface area contributed by atoms with Crippen LogP contribution >= 0.6 is 11.3 Å². The lowest BCUT2D eigenvalue weighted by molar-refractivity contribution is -0.137. The maximum atomic E-state index is 12.8. The number of aromatic nitrogens is 1. The first-order valence-corrected chi connectivity index (χ1v) is 10.8. The largest absolute Gasteiger partial charge is 0.492 e. The zero-order valence-corrected chi connectivity index (χ0v) is 18.8. The molecule has 0 bridgehead atoms. The molecular weight excluding hydrogens is 457 g/mol. The summed E-state index contributed by atoms with van der Waals surface area (Å²) in [5.74, 6) is -0.795. The lowest BCUT2D eigenvalue weighted by Crippen LogP contribution is -2.30. The van der Waals surface area contributed by atoms with Gasteiger partial charge in [0.05, 0.1) is 23.6 Å². The van der Waals surface area contributed by atoms with Crippen LogP contribution in [0.4, 0.5) is 18.9 Å². The first-order valence-electron chi connectivity index (χ1n) is 9.99. The molecular formula is C23H21F3N2O4S. The van der Waals surface area contributed by atoms with Crippen molar-refractivity contribution in [3.63, 3.8) is 0 Å². The first kappa shape index (κ1) is 24.2. The quantitative estimate of drug-likeness (QED) is 0.440. The van der Waals surface area contributed by atoms with Crippen LogP contribution in [0.1, 0.15) is 34.8 Å². The van der Waals surface area contributed by atoms with Crippen LogP contribution in [0.5, 0.6) is 5.75 Å². The molecule has 3 rings (SSSR count). The van der Waals surface area contributed by atoms with Gasteiger partial charge in [0.25, 0.3) is 5.91 Å². The Morgan fingerprint density at radius 2 is 1.79 bits per heavy atom. The Balaban J connectivity index is 1.69. The van der Waals surface area contributed by atoms with E-state index >= 15 is 0 Å². The van der Waals surface area contributed by atoms with Crippen LogP contribution in [0.25, 0.3) is 10.6 Å². The lowest BCUT2D eigenvalue weighted by Gasteiger charge is -2.15. The molecule has 0 saturated carbocycles. The Bertz CT molecular complexity index is 1140. The van der Waals surface area contributed by atoms with E-state index in [0.29, 0.717) is 34.3 Å². The summed E-state index contributed by atoms with van der Waals surface area (Å²) in [5, 5.41) is 3.04. The highest BCUT2D eigenvalue weighted by Gasteiger charge is 2.30. The number of ether oxygens (including phenoxy) is 2. The van der Waals surface area contributed by atoms with Gasteiger partial charge in [-0.25, -0.2) is 9.78 Å². The minimum absolute atomic E-state index is 0.166. The van der Waals surface area contributed by atoms with Crippen LogP contribution in [0, 0.1) is 6.92 Å². The van der Waals surface area contributed by atoms with Gasteiger partial charge in [0.1, 0.15) is 15.6 Å². The van der Waals surface area contributed by atoms with Crippen molar-refractivity contribution in [3.8, 4) is 16.3 Å². The summed E-state index contributed by atoms with van der Waals surface area (Å²) in [5.41, 5.74) is 0.471. The van der Waals surface area contributed by atoms with Crippen molar-refractivity contribution in [3.05, 3.63) is 64.7 Å². The summed E-state index contributed by atoms with van der Waals surface area (Å²) in [4.78, 5) is 29.6. The van der Waals surface area contributed by atoms with E-state index < -0.39 is 29.7 Å². The highest BCUT2D eigenvalue weighted by atomic mass is 32.1. The predicted octanol–water partition coefficient (Wildman–Crippen LogP) is 5.72. The molecule has 0 aliphatic rings. The summed E-state index contributed by atoms with van der Waals surface area (Å²) in [6, 6.07) is 11.4. The van der Waals surface area contributed by atoms with Crippen molar-refractivity contribution < 1.29 is 32.2 Å². The molecule has 0 saturated heterocycles. The van der Waals surface area contributed by atoms with Crippen molar-refractivity contribution in [2.45, 2.75) is 33.1 Å². The van der Waals surface area contributed by atoms with Crippen molar-refractivity contribution in [2.24, 2.45) is 0 Å². The number of carbonyl (C=O) groups is 2. The average molecular weight is 478 g/mol. The molecule has 6 nitrogen and oxygen atoms in total. The topological polar surface area (TPSA) is 77.5 Å². The van der Waals surface area contributed by atoms with Crippen LogP contribution in [-0.2, 0) is 15.7 Å². The minimum Gasteiger partial charge on any atom is -0.492 e. The predicted molar refractivity (Wildman–Crippen MR) is 118 cm³/mol. The second-order valence-corrected chi connectivity index (χ2v) is 7.97. The van der Waals surface area contributed by atoms with Crippen molar-refractivity contribution >= 4 is 28.9 Å². The Hall–Kier alpha value is -3.40. The molecule has 2 aromatic carbocycles. The van der Waals surface area contributed by atoms with Crippen molar-refractivity contribution in [1.29, 1.82) is 0 Å². The van der Waals surface area contributed by atoms with E-state index in [1.165, 1.54) is 19.1 Å². The number of esters is 1. The normalized spacial score (nSPS) is 12.2. The molecule has 1 heterocycles. The number of aryl methyl sites for hydroxylation is 1. The summed E-state index contributed by atoms with van der Waals surface area (Å²) < 4.78 is 49.1. The van der Waals surface area contributed by atoms with Gasteiger partial charge in [-0.1, -0.05) is 24.3 Å². The molecule has 33 heavy (non-hydrogen) atoms. The Kier molecular flexibility index (Phi) is 7.37. The molecule has 1 unspecified atom stereocenters. The third-order valence-corrected chi connectivity index (χ3v) is 5.73. The lowest BCUT2D eigenvalue weighted by atomic mass is 10.1. The van der Waals surface area contributed by atoms with Crippen LogP contribution < -0.4 is 10.1 Å². The number of halogens is 3. The summed E-state index contributed by atoms with van der Waals surface area (Å²) in [7, 11) is 0. The fraction of sp³-hybridized carbons (Fsp3) is 0.261. The van der Waals surface area contributed by atoms with E-state index in [4.69, 9.17) is 9.47 Å². The zero-order chi connectivity index (χ0) is 24.2. The second kappa shape index (κ2) is 10.0. The molecule has 0 spiro atoms. The van der Waals surface area contributed by atoms with E-state index in [-0.39, 0.29) is 4.88 Å². The number of nitrogens with zero attached hydrogens (tertiary/aromatic N) is 1. The number of alkyl halides is 3. The van der Waals surface area contributed by atoms with Gasteiger partial charge in [0, 0.05) is 5.56 Å². The van der Waals surface area contributed by atoms with Gasteiger partial charge in [-0.05, 0) is 45.0 Å². The molecule has 1 amide bonds. The molecule has 1 N–H and O–H groups in total. The maximum absolute atomic E-state index is 12.8.